The molecule has 0 aliphatic carbocycles. The Hall–Kier alpha value is -0.300. The van der Waals surface area contributed by atoms with Crippen LogP contribution in [0.25, 0.3) is 0 Å². The molecule has 0 saturated carbocycles. The van der Waals surface area contributed by atoms with Gasteiger partial charge in [0, 0.05) is 5.54 Å². The molecule has 0 rings (SSSR count). The van der Waals surface area contributed by atoms with Crippen LogP contribution in [-0.2, 0) is 0 Å². The third-order valence-electron chi connectivity index (χ3n) is 2.81. The molecule has 0 unspecified atom stereocenters. The van der Waals surface area contributed by atoms with Gasteiger partial charge in [0.05, 0.1) is 0 Å². The van der Waals surface area contributed by atoms with Crippen molar-refractivity contribution < 1.29 is 0 Å². The van der Waals surface area contributed by atoms with Gasteiger partial charge < -0.3 is 0 Å². The molecule has 0 atom stereocenters. The van der Waals surface area contributed by atoms with E-state index in [1.807, 2.05) is 13.8 Å². The summed E-state index contributed by atoms with van der Waals surface area (Å²) in [5.74, 6) is 0. The smallest absolute Gasteiger partial charge is 0.0267 e. The normalized spacial score (nSPS) is 12.5. The monoisotopic (exact) mass is 224 g/mol. The summed E-state index contributed by atoms with van der Waals surface area (Å²) in [4.78, 5) is 0. The average molecular weight is 224 g/mol. The van der Waals surface area contributed by atoms with Gasteiger partial charge in [-0.2, -0.15) is 0 Å². The molecule has 0 amide bonds. The molecule has 0 aliphatic heterocycles. The summed E-state index contributed by atoms with van der Waals surface area (Å²) in [6.45, 7) is 6.25. The third kappa shape index (κ3) is 13.7. The minimum atomic E-state index is -0.232. The van der Waals surface area contributed by atoms with Crippen LogP contribution in [0.3, 0.4) is 0 Å². The van der Waals surface area contributed by atoms with E-state index in [2.05, 4.69) is 19.1 Å². The molecule has 0 aromatic carbocycles. The quantitative estimate of drug-likeness (QED) is 0.362. The molecule has 0 aromatic heterocycles. The Morgan fingerprint density at radius 2 is 1.44 bits per heavy atom. The van der Waals surface area contributed by atoms with Gasteiger partial charge in [-0.25, -0.2) is 0 Å². The van der Waals surface area contributed by atoms with Crippen molar-refractivity contribution in [3.8, 4) is 0 Å². The van der Waals surface area contributed by atoms with E-state index >= 15 is 0 Å². The van der Waals surface area contributed by atoms with Gasteiger partial charge in [-0.05, 0) is 46.0 Å². The molecule has 0 heterocycles. The molecule has 1 radical (unpaired) electrons. The molecule has 1 N–H and O–H groups in total. The van der Waals surface area contributed by atoms with Crippen LogP contribution in [-0.4, -0.2) is 5.54 Å². The zero-order valence-electron chi connectivity index (χ0n) is 11.5. The van der Waals surface area contributed by atoms with Crippen LogP contribution in [0, 0.1) is 0 Å². The topological polar surface area (TPSA) is 23.8 Å². The molecule has 0 saturated heterocycles. The summed E-state index contributed by atoms with van der Waals surface area (Å²) in [6.07, 6.45) is 16.0. The lowest BCUT2D eigenvalue weighted by molar-refractivity contribution is 0.437. The fourth-order valence-corrected chi connectivity index (χ4v) is 1.75. The first kappa shape index (κ1) is 15.7. The van der Waals surface area contributed by atoms with Gasteiger partial charge in [-0.1, -0.05) is 44.8 Å². The molecule has 16 heavy (non-hydrogen) atoms. The molecule has 0 fully saturated rings. The van der Waals surface area contributed by atoms with Crippen LogP contribution in [0.5, 0.6) is 0 Å². The van der Waals surface area contributed by atoms with Gasteiger partial charge in [0.1, 0.15) is 0 Å². The van der Waals surface area contributed by atoms with Crippen molar-refractivity contribution in [2.45, 2.75) is 84.1 Å². The Balaban J connectivity index is 3.16. The zero-order chi connectivity index (χ0) is 12.3. The highest BCUT2D eigenvalue weighted by Crippen LogP contribution is 2.12. The maximum Gasteiger partial charge on any atom is 0.0267 e. The van der Waals surface area contributed by atoms with E-state index in [1.165, 1.54) is 51.4 Å². The predicted octanol–water partition coefficient (Wildman–Crippen LogP) is 5.13. The second kappa shape index (κ2) is 9.89. The summed E-state index contributed by atoms with van der Waals surface area (Å²) in [5.41, 5.74) is 7.49. The second-order valence-corrected chi connectivity index (χ2v) is 5.45. The SMILES string of the molecule is CCCCCCC=CCCCCC(C)(C)[NH]. The van der Waals surface area contributed by atoms with Crippen molar-refractivity contribution in [2.75, 3.05) is 0 Å². The van der Waals surface area contributed by atoms with E-state index in [1.54, 1.807) is 0 Å². The summed E-state index contributed by atoms with van der Waals surface area (Å²) >= 11 is 0. The van der Waals surface area contributed by atoms with Gasteiger partial charge >= 0.3 is 0 Å². The van der Waals surface area contributed by atoms with Crippen molar-refractivity contribution in [3.05, 3.63) is 12.2 Å². The largest absolute Gasteiger partial charge is 0.252 e. The fourth-order valence-electron chi connectivity index (χ4n) is 1.75. The molecule has 95 valence electrons. The van der Waals surface area contributed by atoms with E-state index in [-0.39, 0.29) is 5.54 Å². The maximum atomic E-state index is 7.72. The number of allylic oxidation sites excluding steroid dienone is 2. The lowest BCUT2D eigenvalue weighted by Crippen LogP contribution is -2.20. The Morgan fingerprint density at radius 1 is 0.875 bits per heavy atom. The molecular formula is C15H30N. The molecule has 0 aliphatic rings. The molecular weight excluding hydrogens is 194 g/mol. The Bertz CT molecular complexity index is 165. The first-order chi connectivity index (χ1) is 7.56. The first-order valence-electron chi connectivity index (χ1n) is 6.96. The van der Waals surface area contributed by atoms with Crippen molar-refractivity contribution >= 4 is 0 Å². The highest BCUT2D eigenvalue weighted by molar-refractivity contribution is 4.81. The van der Waals surface area contributed by atoms with Crippen molar-refractivity contribution in [2.24, 2.45) is 0 Å². The highest BCUT2D eigenvalue weighted by Gasteiger charge is 2.09. The van der Waals surface area contributed by atoms with Crippen molar-refractivity contribution in [1.29, 1.82) is 0 Å². The van der Waals surface area contributed by atoms with Gasteiger partial charge in [-0.15, -0.1) is 0 Å². The van der Waals surface area contributed by atoms with E-state index in [0.717, 1.165) is 6.42 Å². The average Bonchev–Trinajstić information content (AvgIpc) is 2.19. The standard InChI is InChI=1S/C15H30N/c1-4-5-6-7-8-9-10-11-12-13-14-15(2,3)16/h9-10,16H,4-8,11-14H2,1-3H3. The summed E-state index contributed by atoms with van der Waals surface area (Å²) < 4.78 is 0. The number of unbranched alkanes of at least 4 members (excludes halogenated alkanes) is 6. The first-order valence-corrected chi connectivity index (χ1v) is 6.96. The number of nitrogens with one attached hydrogen (secondary N) is 1. The fraction of sp³-hybridized carbons (Fsp3) is 0.867. The van der Waals surface area contributed by atoms with Crippen LogP contribution in [0.15, 0.2) is 12.2 Å². The van der Waals surface area contributed by atoms with Gasteiger partial charge in [0.2, 0.25) is 0 Å². The molecule has 0 bridgehead atoms. The molecule has 0 aromatic rings. The van der Waals surface area contributed by atoms with E-state index in [9.17, 15) is 0 Å². The Kier molecular flexibility index (Phi) is 9.71. The number of hydrogen-bond donors (Lipinski definition) is 0. The Labute approximate surface area is 102 Å². The maximum absolute atomic E-state index is 7.72. The third-order valence-corrected chi connectivity index (χ3v) is 2.81. The van der Waals surface area contributed by atoms with Crippen LogP contribution in [0.2, 0.25) is 0 Å². The predicted molar refractivity (Wildman–Crippen MR) is 73.5 cm³/mol. The molecule has 1 nitrogen and oxygen atoms in total. The minimum absolute atomic E-state index is 0.232. The van der Waals surface area contributed by atoms with Gasteiger partial charge in [-0.3, -0.25) is 5.73 Å². The van der Waals surface area contributed by atoms with E-state index < -0.39 is 0 Å². The summed E-state index contributed by atoms with van der Waals surface area (Å²) in [7, 11) is 0. The Morgan fingerprint density at radius 3 is 1.94 bits per heavy atom. The zero-order valence-corrected chi connectivity index (χ0v) is 11.5. The summed E-state index contributed by atoms with van der Waals surface area (Å²) in [5, 5.41) is 0. The van der Waals surface area contributed by atoms with E-state index in [4.69, 9.17) is 5.73 Å². The number of rotatable bonds is 10. The van der Waals surface area contributed by atoms with Crippen LogP contribution < -0.4 is 5.73 Å². The minimum Gasteiger partial charge on any atom is -0.252 e. The lowest BCUT2D eigenvalue weighted by Gasteiger charge is -2.15. The second-order valence-electron chi connectivity index (χ2n) is 5.45. The van der Waals surface area contributed by atoms with Gasteiger partial charge in [0.15, 0.2) is 0 Å². The summed E-state index contributed by atoms with van der Waals surface area (Å²) in [6, 6.07) is 0. The highest BCUT2D eigenvalue weighted by atomic mass is 14.7. The van der Waals surface area contributed by atoms with Crippen LogP contribution >= 0.6 is 0 Å². The van der Waals surface area contributed by atoms with Crippen molar-refractivity contribution in [3.63, 3.8) is 0 Å². The van der Waals surface area contributed by atoms with Crippen LogP contribution in [0.4, 0.5) is 0 Å². The van der Waals surface area contributed by atoms with E-state index in [0.29, 0.717) is 0 Å². The van der Waals surface area contributed by atoms with Gasteiger partial charge in [0.25, 0.3) is 0 Å². The molecule has 0 spiro atoms. The lowest BCUT2D eigenvalue weighted by atomic mass is 9.98. The van der Waals surface area contributed by atoms with Crippen LogP contribution in [0.1, 0.15) is 78.6 Å². The molecule has 1 heteroatoms. The van der Waals surface area contributed by atoms with Crippen molar-refractivity contribution in [1.82, 2.24) is 5.73 Å². The number of hydrogen-bond acceptors (Lipinski definition) is 0.